The summed E-state index contributed by atoms with van der Waals surface area (Å²) in [5.74, 6) is 0.145. The molecule has 2 N–H and O–H groups in total. The predicted molar refractivity (Wildman–Crippen MR) is 84.9 cm³/mol. The molecule has 1 unspecified atom stereocenters. The second-order valence-electron chi connectivity index (χ2n) is 5.78. The van der Waals surface area contributed by atoms with Gasteiger partial charge in [-0.15, -0.1) is 0 Å². The van der Waals surface area contributed by atoms with Gasteiger partial charge in [-0.2, -0.15) is 0 Å². The third-order valence-electron chi connectivity index (χ3n) is 4.01. The molecule has 0 radical (unpaired) electrons. The molecule has 1 heterocycles. The molecule has 1 aliphatic carbocycles. The highest BCUT2D eigenvalue weighted by atomic mass is 16.2. The molecule has 1 amide bonds. The fourth-order valence-electron chi connectivity index (χ4n) is 2.62. The number of piperazine rings is 1. The van der Waals surface area contributed by atoms with Crippen LogP contribution in [0.4, 0.5) is 0 Å². The lowest BCUT2D eigenvalue weighted by Crippen LogP contribution is -2.53. The highest BCUT2D eigenvalue weighted by Gasteiger charge is 2.29. The fourth-order valence-corrected chi connectivity index (χ4v) is 2.62. The quantitative estimate of drug-likeness (QED) is 0.856. The Morgan fingerprint density at radius 3 is 2.62 bits per heavy atom. The topological polar surface area (TPSA) is 44.4 Å². The lowest BCUT2D eigenvalue weighted by Gasteiger charge is -2.32. The third-order valence-corrected chi connectivity index (χ3v) is 4.01. The first-order valence-electron chi connectivity index (χ1n) is 7.81. The van der Waals surface area contributed by atoms with E-state index in [2.05, 4.69) is 33.7 Å². The molecule has 1 aromatic rings. The van der Waals surface area contributed by atoms with Crippen molar-refractivity contribution in [3.05, 3.63) is 42.0 Å². The first-order chi connectivity index (χ1) is 10.3. The van der Waals surface area contributed by atoms with Crippen LogP contribution in [-0.2, 0) is 4.79 Å². The van der Waals surface area contributed by atoms with Crippen molar-refractivity contribution in [2.24, 2.45) is 0 Å². The number of benzene rings is 1. The number of rotatable bonds is 5. The number of hydrogen-bond acceptors (Lipinski definition) is 3. The predicted octanol–water partition coefficient (Wildman–Crippen LogP) is 1.25. The van der Waals surface area contributed by atoms with Crippen LogP contribution in [0.5, 0.6) is 0 Å². The lowest BCUT2D eigenvalue weighted by molar-refractivity contribution is -0.125. The Hall–Kier alpha value is -1.65. The van der Waals surface area contributed by atoms with Crippen LogP contribution >= 0.6 is 0 Å². The van der Waals surface area contributed by atoms with Gasteiger partial charge in [-0.05, 0) is 18.4 Å². The number of nitrogens with one attached hydrogen (secondary N) is 2. The number of nitrogens with zero attached hydrogens (tertiary/aromatic N) is 1. The first-order valence-corrected chi connectivity index (χ1v) is 7.81. The van der Waals surface area contributed by atoms with Gasteiger partial charge in [-0.3, -0.25) is 9.69 Å². The second kappa shape index (κ2) is 6.87. The standard InChI is InChI=1S/C17H23N3O/c21-17(19-15-7-8-15)16(20-12-10-18-11-13-20)9-6-14-4-2-1-3-5-14/h1-6,9,15-16,18H,7-8,10-13H2,(H,19,21)/b9-6+. The normalized spacial score (nSPS) is 21.3. The average Bonchev–Trinajstić information content (AvgIpc) is 3.33. The van der Waals surface area contributed by atoms with Gasteiger partial charge in [0.25, 0.3) is 0 Å². The molecule has 1 aliphatic heterocycles. The van der Waals surface area contributed by atoms with Gasteiger partial charge >= 0.3 is 0 Å². The molecule has 4 heteroatoms. The number of amides is 1. The summed E-state index contributed by atoms with van der Waals surface area (Å²) in [5.41, 5.74) is 1.14. The largest absolute Gasteiger partial charge is 0.352 e. The van der Waals surface area contributed by atoms with E-state index in [1.807, 2.05) is 24.3 Å². The van der Waals surface area contributed by atoms with E-state index in [0.717, 1.165) is 44.6 Å². The van der Waals surface area contributed by atoms with Crippen molar-refractivity contribution in [2.45, 2.75) is 24.9 Å². The summed E-state index contributed by atoms with van der Waals surface area (Å²) in [5, 5.41) is 6.47. The van der Waals surface area contributed by atoms with E-state index in [1.54, 1.807) is 0 Å². The minimum Gasteiger partial charge on any atom is -0.352 e. The molecule has 4 nitrogen and oxygen atoms in total. The summed E-state index contributed by atoms with van der Waals surface area (Å²) >= 11 is 0. The van der Waals surface area contributed by atoms with Crippen molar-refractivity contribution in [1.82, 2.24) is 15.5 Å². The highest BCUT2D eigenvalue weighted by Crippen LogP contribution is 2.19. The van der Waals surface area contributed by atoms with Gasteiger partial charge in [0, 0.05) is 32.2 Å². The highest BCUT2D eigenvalue weighted by molar-refractivity contribution is 5.85. The fraction of sp³-hybridized carbons (Fsp3) is 0.471. The van der Waals surface area contributed by atoms with E-state index < -0.39 is 0 Å². The molecule has 1 saturated heterocycles. The van der Waals surface area contributed by atoms with E-state index >= 15 is 0 Å². The smallest absolute Gasteiger partial charge is 0.241 e. The van der Waals surface area contributed by atoms with Gasteiger partial charge in [-0.1, -0.05) is 42.5 Å². The van der Waals surface area contributed by atoms with Crippen molar-refractivity contribution < 1.29 is 4.79 Å². The molecule has 0 bridgehead atoms. The van der Waals surface area contributed by atoms with Crippen LogP contribution < -0.4 is 10.6 Å². The van der Waals surface area contributed by atoms with E-state index in [4.69, 9.17) is 0 Å². The summed E-state index contributed by atoms with van der Waals surface area (Å²) in [6.07, 6.45) is 6.35. The Morgan fingerprint density at radius 1 is 1.24 bits per heavy atom. The zero-order valence-electron chi connectivity index (χ0n) is 12.3. The molecule has 3 rings (SSSR count). The Balaban J connectivity index is 1.70. The van der Waals surface area contributed by atoms with Gasteiger partial charge in [0.1, 0.15) is 6.04 Å². The van der Waals surface area contributed by atoms with Crippen molar-refractivity contribution in [3.63, 3.8) is 0 Å². The van der Waals surface area contributed by atoms with Crippen molar-refractivity contribution >= 4 is 12.0 Å². The van der Waals surface area contributed by atoms with Crippen molar-refractivity contribution in [1.29, 1.82) is 0 Å². The van der Waals surface area contributed by atoms with Crippen LogP contribution in [0.25, 0.3) is 6.08 Å². The van der Waals surface area contributed by atoms with Gasteiger partial charge in [-0.25, -0.2) is 0 Å². The third kappa shape index (κ3) is 4.16. The zero-order chi connectivity index (χ0) is 14.5. The Morgan fingerprint density at radius 2 is 1.95 bits per heavy atom. The maximum absolute atomic E-state index is 12.5. The van der Waals surface area contributed by atoms with E-state index in [-0.39, 0.29) is 11.9 Å². The molecule has 2 fully saturated rings. The number of carbonyl (C=O) groups excluding carboxylic acids is 1. The summed E-state index contributed by atoms with van der Waals surface area (Å²) in [6, 6.07) is 10.4. The van der Waals surface area contributed by atoms with Gasteiger partial charge in [0.05, 0.1) is 0 Å². The van der Waals surface area contributed by atoms with Crippen LogP contribution in [0.3, 0.4) is 0 Å². The zero-order valence-corrected chi connectivity index (χ0v) is 12.3. The Bertz CT molecular complexity index is 490. The molecule has 0 spiro atoms. The minimum atomic E-state index is -0.159. The molecule has 112 valence electrons. The maximum atomic E-state index is 12.5. The average molecular weight is 285 g/mol. The lowest BCUT2D eigenvalue weighted by atomic mass is 10.1. The molecule has 1 saturated carbocycles. The number of carbonyl (C=O) groups is 1. The molecule has 1 aromatic carbocycles. The summed E-state index contributed by atoms with van der Waals surface area (Å²) in [6.45, 7) is 3.74. The molecule has 21 heavy (non-hydrogen) atoms. The van der Waals surface area contributed by atoms with Crippen LogP contribution in [0, 0.1) is 0 Å². The SMILES string of the molecule is O=C(NC1CC1)C(/C=C/c1ccccc1)N1CCNCC1. The molecular formula is C17H23N3O. The van der Waals surface area contributed by atoms with Crippen LogP contribution in [-0.4, -0.2) is 49.1 Å². The monoisotopic (exact) mass is 285 g/mol. The molecule has 2 aliphatic rings. The van der Waals surface area contributed by atoms with E-state index in [9.17, 15) is 4.79 Å². The summed E-state index contributed by atoms with van der Waals surface area (Å²) < 4.78 is 0. The molecular weight excluding hydrogens is 262 g/mol. The van der Waals surface area contributed by atoms with E-state index in [1.165, 1.54) is 0 Å². The van der Waals surface area contributed by atoms with Crippen LogP contribution in [0.1, 0.15) is 18.4 Å². The Labute approximate surface area is 126 Å². The Kier molecular flexibility index (Phi) is 4.68. The molecule has 0 aromatic heterocycles. The maximum Gasteiger partial charge on any atom is 0.241 e. The summed E-state index contributed by atoms with van der Waals surface area (Å²) in [7, 11) is 0. The minimum absolute atomic E-state index is 0.145. The second-order valence-corrected chi connectivity index (χ2v) is 5.78. The van der Waals surface area contributed by atoms with Crippen LogP contribution in [0.2, 0.25) is 0 Å². The molecule has 1 atom stereocenters. The number of hydrogen-bond donors (Lipinski definition) is 2. The van der Waals surface area contributed by atoms with Crippen molar-refractivity contribution in [2.75, 3.05) is 26.2 Å². The van der Waals surface area contributed by atoms with E-state index in [0.29, 0.717) is 6.04 Å². The van der Waals surface area contributed by atoms with Gasteiger partial charge < -0.3 is 10.6 Å². The first kappa shape index (κ1) is 14.3. The van der Waals surface area contributed by atoms with Crippen molar-refractivity contribution in [3.8, 4) is 0 Å². The van der Waals surface area contributed by atoms with Gasteiger partial charge in [0.15, 0.2) is 0 Å². The van der Waals surface area contributed by atoms with Crippen LogP contribution in [0.15, 0.2) is 36.4 Å². The van der Waals surface area contributed by atoms with Gasteiger partial charge in [0.2, 0.25) is 5.91 Å². The summed E-state index contributed by atoms with van der Waals surface area (Å²) in [4.78, 5) is 14.7.